The van der Waals surface area contributed by atoms with Crippen LogP contribution < -0.4 is 20.4 Å². The molecule has 0 saturated heterocycles. The standard InChI is InChI=1S/C23H21NO5/c1-14-11-19-21(23(25)28-14)20(16-9-10-17(26-2)18(12-16)27-3)22(29-19)24-13-15-7-5-4-6-8-15/h4-12,24H,13H2,1-3H3. The van der Waals surface area contributed by atoms with Crippen molar-refractivity contribution < 1.29 is 18.3 Å². The smallest absolute Gasteiger partial charge is 0.347 e. The Balaban J connectivity index is 1.87. The van der Waals surface area contributed by atoms with Crippen molar-refractivity contribution >= 4 is 16.9 Å². The lowest BCUT2D eigenvalue weighted by Gasteiger charge is -2.11. The van der Waals surface area contributed by atoms with E-state index < -0.39 is 5.63 Å². The highest BCUT2D eigenvalue weighted by Gasteiger charge is 2.21. The van der Waals surface area contributed by atoms with Crippen LogP contribution in [0, 0.1) is 6.92 Å². The molecule has 0 bridgehead atoms. The lowest BCUT2D eigenvalue weighted by Crippen LogP contribution is -2.02. The van der Waals surface area contributed by atoms with Crippen molar-refractivity contribution in [3.63, 3.8) is 0 Å². The Morgan fingerprint density at radius 1 is 0.931 bits per heavy atom. The number of benzene rings is 2. The highest BCUT2D eigenvalue weighted by atomic mass is 16.5. The number of hydrogen-bond acceptors (Lipinski definition) is 6. The number of aryl methyl sites for hydroxylation is 1. The van der Waals surface area contributed by atoms with E-state index in [0.29, 0.717) is 46.2 Å². The van der Waals surface area contributed by atoms with Crippen LogP contribution in [0.2, 0.25) is 0 Å². The molecule has 0 radical (unpaired) electrons. The molecule has 6 heteroatoms. The second-order valence-corrected chi connectivity index (χ2v) is 6.60. The molecule has 0 unspecified atom stereocenters. The zero-order valence-electron chi connectivity index (χ0n) is 16.4. The minimum atomic E-state index is -0.443. The van der Waals surface area contributed by atoms with Crippen molar-refractivity contribution in [3.8, 4) is 22.6 Å². The first-order valence-corrected chi connectivity index (χ1v) is 9.18. The summed E-state index contributed by atoms with van der Waals surface area (Å²) in [5.74, 6) is 2.15. The molecule has 2 heterocycles. The summed E-state index contributed by atoms with van der Waals surface area (Å²) in [4.78, 5) is 12.6. The fourth-order valence-electron chi connectivity index (χ4n) is 3.33. The van der Waals surface area contributed by atoms with Gasteiger partial charge in [0.25, 0.3) is 0 Å². The summed E-state index contributed by atoms with van der Waals surface area (Å²) < 4.78 is 22.1. The predicted octanol–water partition coefficient (Wildman–Crippen LogP) is 4.99. The van der Waals surface area contributed by atoms with Gasteiger partial charge >= 0.3 is 5.63 Å². The van der Waals surface area contributed by atoms with Gasteiger partial charge in [-0.1, -0.05) is 36.4 Å². The minimum Gasteiger partial charge on any atom is -0.493 e. The van der Waals surface area contributed by atoms with E-state index in [1.54, 1.807) is 33.3 Å². The Morgan fingerprint density at radius 2 is 1.69 bits per heavy atom. The second kappa shape index (κ2) is 7.75. The van der Waals surface area contributed by atoms with Crippen LogP contribution in [0.25, 0.3) is 22.1 Å². The normalized spacial score (nSPS) is 10.9. The van der Waals surface area contributed by atoms with Crippen molar-refractivity contribution in [1.82, 2.24) is 0 Å². The molecule has 1 N–H and O–H groups in total. The van der Waals surface area contributed by atoms with Gasteiger partial charge in [-0.3, -0.25) is 0 Å². The molecule has 29 heavy (non-hydrogen) atoms. The molecule has 4 rings (SSSR count). The SMILES string of the molecule is COc1ccc(-c2c(NCc3ccccc3)oc3cc(C)oc(=O)c23)cc1OC. The zero-order valence-corrected chi connectivity index (χ0v) is 16.4. The van der Waals surface area contributed by atoms with Gasteiger partial charge in [-0.25, -0.2) is 4.79 Å². The number of ether oxygens (including phenoxy) is 2. The maximum absolute atomic E-state index is 12.6. The largest absolute Gasteiger partial charge is 0.493 e. The van der Waals surface area contributed by atoms with Crippen LogP contribution in [0.3, 0.4) is 0 Å². The van der Waals surface area contributed by atoms with Gasteiger partial charge in [0, 0.05) is 12.6 Å². The monoisotopic (exact) mass is 391 g/mol. The van der Waals surface area contributed by atoms with Gasteiger partial charge in [-0.2, -0.15) is 0 Å². The van der Waals surface area contributed by atoms with Gasteiger partial charge in [0.2, 0.25) is 5.88 Å². The molecule has 2 aromatic carbocycles. The highest BCUT2D eigenvalue weighted by molar-refractivity contribution is 6.00. The molecular formula is C23H21NO5. The molecule has 0 aliphatic rings. The molecule has 0 spiro atoms. The molecule has 0 atom stereocenters. The van der Waals surface area contributed by atoms with E-state index >= 15 is 0 Å². The van der Waals surface area contributed by atoms with Crippen LogP contribution in [0.15, 0.2) is 68.2 Å². The maximum atomic E-state index is 12.6. The molecule has 0 amide bonds. The first-order chi connectivity index (χ1) is 14.1. The van der Waals surface area contributed by atoms with E-state index in [4.69, 9.17) is 18.3 Å². The average Bonchev–Trinajstić information content (AvgIpc) is 3.11. The van der Waals surface area contributed by atoms with E-state index in [1.165, 1.54) is 0 Å². The highest BCUT2D eigenvalue weighted by Crippen LogP contribution is 2.40. The van der Waals surface area contributed by atoms with E-state index in [1.807, 2.05) is 42.5 Å². The summed E-state index contributed by atoms with van der Waals surface area (Å²) in [6.07, 6.45) is 0. The van der Waals surface area contributed by atoms with Gasteiger partial charge in [0.15, 0.2) is 11.5 Å². The van der Waals surface area contributed by atoms with Crippen molar-refractivity contribution in [2.75, 3.05) is 19.5 Å². The van der Waals surface area contributed by atoms with E-state index in [0.717, 1.165) is 11.1 Å². The van der Waals surface area contributed by atoms with E-state index in [9.17, 15) is 4.79 Å². The third kappa shape index (κ3) is 3.57. The Labute approximate surface area is 167 Å². The topological polar surface area (TPSA) is 73.8 Å². The number of rotatable bonds is 6. The summed E-state index contributed by atoms with van der Waals surface area (Å²) in [5, 5.41) is 3.70. The first kappa shape index (κ1) is 18.7. The van der Waals surface area contributed by atoms with Gasteiger partial charge < -0.3 is 23.6 Å². The molecule has 6 nitrogen and oxygen atoms in total. The quantitative estimate of drug-likeness (QED) is 0.499. The Morgan fingerprint density at radius 3 is 2.41 bits per heavy atom. The number of hydrogen-bond donors (Lipinski definition) is 1. The van der Waals surface area contributed by atoms with Gasteiger partial charge in [-0.15, -0.1) is 0 Å². The van der Waals surface area contributed by atoms with Crippen LogP contribution in [0.5, 0.6) is 11.5 Å². The predicted molar refractivity (Wildman–Crippen MR) is 112 cm³/mol. The summed E-state index contributed by atoms with van der Waals surface area (Å²) in [5.41, 5.74) is 2.51. The average molecular weight is 391 g/mol. The molecule has 0 fully saturated rings. The fourth-order valence-corrected chi connectivity index (χ4v) is 3.33. The van der Waals surface area contributed by atoms with Crippen LogP contribution in [-0.2, 0) is 6.54 Å². The number of fused-ring (bicyclic) bond motifs is 1. The maximum Gasteiger partial charge on any atom is 0.347 e. The summed E-state index contributed by atoms with van der Waals surface area (Å²) in [6, 6.07) is 17.1. The molecule has 2 aromatic heterocycles. The molecule has 148 valence electrons. The third-order valence-corrected chi connectivity index (χ3v) is 4.70. The van der Waals surface area contributed by atoms with Crippen LogP contribution in [0.4, 0.5) is 5.88 Å². The molecule has 0 aliphatic heterocycles. The van der Waals surface area contributed by atoms with Crippen LogP contribution in [0.1, 0.15) is 11.3 Å². The molecular weight excluding hydrogens is 370 g/mol. The Hall–Kier alpha value is -3.67. The third-order valence-electron chi connectivity index (χ3n) is 4.70. The summed E-state index contributed by atoms with van der Waals surface area (Å²) in [6.45, 7) is 2.27. The lowest BCUT2D eigenvalue weighted by molar-refractivity contribution is 0.355. The zero-order chi connectivity index (χ0) is 20.4. The van der Waals surface area contributed by atoms with Gasteiger partial charge in [0.1, 0.15) is 16.7 Å². The lowest BCUT2D eigenvalue weighted by atomic mass is 10.0. The minimum absolute atomic E-state index is 0.387. The summed E-state index contributed by atoms with van der Waals surface area (Å²) in [7, 11) is 3.15. The molecule has 4 aromatic rings. The number of furan rings is 1. The van der Waals surface area contributed by atoms with Crippen molar-refractivity contribution in [1.29, 1.82) is 0 Å². The Kier molecular flexibility index (Phi) is 4.99. The van der Waals surface area contributed by atoms with Gasteiger partial charge in [-0.05, 0) is 30.2 Å². The van der Waals surface area contributed by atoms with E-state index in [-0.39, 0.29) is 0 Å². The summed E-state index contributed by atoms with van der Waals surface area (Å²) >= 11 is 0. The number of anilines is 1. The fraction of sp³-hybridized carbons (Fsp3) is 0.174. The van der Waals surface area contributed by atoms with Gasteiger partial charge in [0.05, 0.1) is 19.8 Å². The molecule has 0 saturated carbocycles. The van der Waals surface area contributed by atoms with Crippen molar-refractivity contribution in [3.05, 3.63) is 76.3 Å². The second-order valence-electron chi connectivity index (χ2n) is 6.60. The number of nitrogens with one attached hydrogen (secondary N) is 1. The van der Waals surface area contributed by atoms with Crippen LogP contribution in [-0.4, -0.2) is 14.2 Å². The van der Waals surface area contributed by atoms with Crippen molar-refractivity contribution in [2.24, 2.45) is 0 Å². The van der Waals surface area contributed by atoms with Crippen LogP contribution >= 0.6 is 0 Å². The van der Waals surface area contributed by atoms with Crippen molar-refractivity contribution in [2.45, 2.75) is 13.5 Å². The Bertz CT molecular complexity index is 1210. The molecule has 0 aliphatic carbocycles. The van der Waals surface area contributed by atoms with E-state index in [2.05, 4.69) is 5.32 Å². The number of methoxy groups -OCH3 is 2. The first-order valence-electron chi connectivity index (χ1n) is 9.18.